The first-order valence-corrected chi connectivity index (χ1v) is 6.72. The SMILES string of the molecule is CCc1nc(CC)n(-c2ccc(C(C)=O)c([N+](=O)[O-])c2)n1. The molecule has 1 heterocycles. The Hall–Kier alpha value is -2.57. The molecular formula is C14H16N4O3. The maximum atomic E-state index is 11.5. The minimum absolute atomic E-state index is 0.0950. The number of nitro groups is 1. The predicted octanol–water partition coefficient (Wildman–Crippen LogP) is 2.50. The second kappa shape index (κ2) is 5.82. The van der Waals surface area contributed by atoms with Crippen LogP contribution in [0.3, 0.4) is 0 Å². The summed E-state index contributed by atoms with van der Waals surface area (Å²) in [4.78, 5) is 26.4. The van der Waals surface area contributed by atoms with Gasteiger partial charge in [-0.25, -0.2) is 9.67 Å². The fourth-order valence-electron chi connectivity index (χ4n) is 2.08. The topological polar surface area (TPSA) is 90.9 Å². The van der Waals surface area contributed by atoms with Gasteiger partial charge in [0, 0.05) is 18.9 Å². The summed E-state index contributed by atoms with van der Waals surface area (Å²) in [7, 11) is 0. The van der Waals surface area contributed by atoms with Crippen molar-refractivity contribution in [2.45, 2.75) is 33.6 Å². The number of aromatic nitrogens is 3. The summed E-state index contributed by atoms with van der Waals surface area (Å²) in [6.45, 7) is 5.20. The highest BCUT2D eigenvalue weighted by molar-refractivity contribution is 5.98. The van der Waals surface area contributed by atoms with E-state index in [-0.39, 0.29) is 17.0 Å². The van der Waals surface area contributed by atoms with Crippen LogP contribution in [0.15, 0.2) is 18.2 Å². The third-order valence-electron chi connectivity index (χ3n) is 3.15. The Kier molecular flexibility index (Phi) is 4.11. The second-order valence-corrected chi connectivity index (χ2v) is 4.58. The summed E-state index contributed by atoms with van der Waals surface area (Å²) in [5.74, 6) is 1.08. The summed E-state index contributed by atoms with van der Waals surface area (Å²) in [5.41, 5.74) is 0.420. The van der Waals surface area contributed by atoms with E-state index in [1.54, 1.807) is 10.7 Å². The van der Waals surface area contributed by atoms with Crippen LogP contribution < -0.4 is 0 Å². The van der Waals surface area contributed by atoms with Crippen LogP contribution in [0.5, 0.6) is 0 Å². The Bertz CT molecular complexity index is 706. The lowest BCUT2D eigenvalue weighted by Gasteiger charge is -2.06. The van der Waals surface area contributed by atoms with Gasteiger partial charge >= 0.3 is 0 Å². The van der Waals surface area contributed by atoms with Crippen LogP contribution in [0.2, 0.25) is 0 Å². The number of aryl methyl sites for hydroxylation is 2. The van der Waals surface area contributed by atoms with E-state index in [1.807, 2.05) is 13.8 Å². The Morgan fingerprint density at radius 2 is 2.05 bits per heavy atom. The molecule has 110 valence electrons. The van der Waals surface area contributed by atoms with E-state index in [1.165, 1.54) is 19.1 Å². The zero-order valence-electron chi connectivity index (χ0n) is 12.2. The average Bonchev–Trinajstić information content (AvgIpc) is 2.89. The van der Waals surface area contributed by atoms with Crippen molar-refractivity contribution in [2.75, 3.05) is 0 Å². The standard InChI is InChI=1S/C14H16N4O3/c1-4-13-15-14(5-2)17(16-13)10-6-7-11(9(3)19)12(8-10)18(20)21/h6-8H,4-5H2,1-3H3. The number of hydrogen-bond acceptors (Lipinski definition) is 5. The molecule has 21 heavy (non-hydrogen) atoms. The normalized spacial score (nSPS) is 10.6. The van der Waals surface area contributed by atoms with E-state index in [4.69, 9.17) is 0 Å². The Morgan fingerprint density at radius 3 is 2.57 bits per heavy atom. The Balaban J connectivity index is 2.60. The van der Waals surface area contributed by atoms with Gasteiger partial charge in [0.15, 0.2) is 11.6 Å². The molecule has 2 rings (SSSR count). The van der Waals surface area contributed by atoms with Crippen molar-refractivity contribution >= 4 is 11.5 Å². The lowest BCUT2D eigenvalue weighted by molar-refractivity contribution is -0.385. The van der Waals surface area contributed by atoms with E-state index in [0.29, 0.717) is 24.4 Å². The van der Waals surface area contributed by atoms with Crippen LogP contribution in [0.1, 0.15) is 42.8 Å². The zero-order valence-corrected chi connectivity index (χ0v) is 12.2. The van der Waals surface area contributed by atoms with Crippen LogP contribution >= 0.6 is 0 Å². The van der Waals surface area contributed by atoms with E-state index in [9.17, 15) is 14.9 Å². The van der Waals surface area contributed by atoms with Crippen LogP contribution in [-0.4, -0.2) is 25.5 Å². The Labute approximate surface area is 121 Å². The fraction of sp³-hybridized carbons (Fsp3) is 0.357. The van der Waals surface area contributed by atoms with Crippen molar-refractivity contribution in [1.29, 1.82) is 0 Å². The molecule has 0 spiro atoms. The van der Waals surface area contributed by atoms with Gasteiger partial charge in [-0.05, 0) is 19.1 Å². The number of benzene rings is 1. The van der Waals surface area contributed by atoms with E-state index in [0.717, 1.165) is 5.82 Å². The molecule has 0 radical (unpaired) electrons. The number of carbonyl (C=O) groups is 1. The van der Waals surface area contributed by atoms with Crippen LogP contribution in [-0.2, 0) is 12.8 Å². The van der Waals surface area contributed by atoms with E-state index < -0.39 is 4.92 Å². The smallest absolute Gasteiger partial charge is 0.282 e. The van der Waals surface area contributed by atoms with Crippen LogP contribution in [0, 0.1) is 10.1 Å². The van der Waals surface area contributed by atoms with Gasteiger partial charge in [0.2, 0.25) is 0 Å². The van der Waals surface area contributed by atoms with Gasteiger partial charge in [-0.1, -0.05) is 13.8 Å². The summed E-state index contributed by atoms with van der Waals surface area (Å²) >= 11 is 0. The van der Waals surface area contributed by atoms with E-state index in [2.05, 4.69) is 10.1 Å². The number of carbonyl (C=O) groups excluding carboxylic acids is 1. The molecule has 0 aliphatic carbocycles. The molecule has 1 aromatic heterocycles. The first-order valence-electron chi connectivity index (χ1n) is 6.72. The van der Waals surface area contributed by atoms with Crippen molar-refractivity contribution in [3.8, 4) is 5.69 Å². The maximum absolute atomic E-state index is 11.5. The summed E-state index contributed by atoms with van der Waals surface area (Å²) in [6, 6.07) is 4.48. The molecule has 0 bridgehead atoms. The molecule has 0 unspecified atom stereocenters. The van der Waals surface area contributed by atoms with Gasteiger partial charge in [0.05, 0.1) is 16.2 Å². The third-order valence-corrected chi connectivity index (χ3v) is 3.15. The molecule has 0 saturated heterocycles. The highest BCUT2D eigenvalue weighted by Crippen LogP contribution is 2.23. The molecule has 0 atom stereocenters. The summed E-state index contributed by atoms with van der Waals surface area (Å²) in [6.07, 6.45) is 1.35. The van der Waals surface area contributed by atoms with Gasteiger partial charge in [0.25, 0.3) is 5.69 Å². The minimum atomic E-state index is -0.552. The predicted molar refractivity (Wildman–Crippen MR) is 76.8 cm³/mol. The van der Waals surface area contributed by atoms with Crippen LogP contribution in [0.25, 0.3) is 5.69 Å². The number of nitro benzene ring substituents is 1. The first-order chi connectivity index (χ1) is 9.97. The summed E-state index contributed by atoms with van der Waals surface area (Å²) < 4.78 is 1.59. The monoisotopic (exact) mass is 288 g/mol. The molecule has 0 saturated carbocycles. The fourth-order valence-corrected chi connectivity index (χ4v) is 2.08. The first kappa shape index (κ1) is 14.8. The van der Waals surface area contributed by atoms with Crippen molar-refractivity contribution in [3.63, 3.8) is 0 Å². The minimum Gasteiger partial charge on any atom is -0.294 e. The lowest BCUT2D eigenvalue weighted by atomic mass is 10.1. The molecule has 0 aliphatic rings. The number of nitrogens with zero attached hydrogens (tertiary/aromatic N) is 4. The van der Waals surface area contributed by atoms with Gasteiger partial charge in [-0.3, -0.25) is 14.9 Å². The number of hydrogen-bond donors (Lipinski definition) is 0. The second-order valence-electron chi connectivity index (χ2n) is 4.58. The molecule has 1 aromatic carbocycles. The quantitative estimate of drug-likeness (QED) is 0.479. The van der Waals surface area contributed by atoms with Crippen molar-refractivity contribution in [1.82, 2.24) is 14.8 Å². The number of Topliss-reactive ketones (excluding diaryl/α,β-unsaturated/α-hetero) is 1. The highest BCUT2D eigenvalue weighted by Gasteiger charge is 2.20. The average molecular weight is 288 g/mol. The molecule has 0 fully saturated rings. The molecule has 0 N–H and O–H groups in total. The molecule has 7 heteroatoms. The lowest BCUT2D eigenvalue weighted by Crippen LogP contribution is -2.06. The summed E-state index contributed by atoms with van der Waals surface area (Å²) in [5, 5.41) is 15.5. The van der Waals surface area contributed by atoms with Crippen molar-refractivity contribution in [2.24, 2.45) is 0 Å². The van der Waals surface area contributed by atoms with Gasteiger partial charge in [0.1, 0.15) is 5.82 Å². The van der Waals surface area contributed by atoms with Crippen molar-refractivity contribution < 1.29 is 9.72 Å². The van der Waals surface area contributed by atoms with Gasteiger partial charge < -0.3 is 0 Å². The van der Waals surface area contributed by atoms with Crippen LogP contribution in [0.4, 0.5) is 5.69 Å². The third kappa shape index (κ3) is 2.81. The molecule has 2 aromatic rings. The molecule has 0 amide bonds. The zero-order chi connectivity index (χ0) is 15.6. The maximum Gasteiger partial charge on any atom is 0.282 e. The Morgan fingerprint density at radius 1 is 1.33 bits per heavy atom. The molecule has 0 aliphatic heterocycles. The van der Waals surface area contributed by atoms with Crippen molar-refractivity contribution in [3.05, 3.63) is 45.5 Å². The molecule has 7 nitrogen and oxygen atoms in total. The number of ketones is 1. The van der Waals surface area contributed by atoms with Gasteiger partial charge in [-0.15, -0.1) is 0 Å². The largest absolute Gasteiger partial charge is 0.294 e. The molecular weight excluding hydrogens is 272 g/mol. The van der Waals surface area contributed by atoms with E-state index >= 15 is 0 Å². The van der Waals surface area contributed by atoms with Gasteiger partial charge in [-0.2, -0.15) is 5.10 Å². The number of rotatable bonds is 5. The highest BCUT2D eigenvalue weighted by atomic mass is 16.6.